The molecule has 0 aliphatic carbocycles. The highest BCUT2D eigenvalue weighted by atomic mass is 127. The standard InChI is InChI=1S/C12H13ClINO2/c1-2-5-15(6-7-16)12(17)9-3-4-11(14)10(13)8-9/h2-4,8,16H,1,5-7H2. The van der Waals surface area contributed by atoms with Gasteiger partial charge in [0.05, 0.1) is 11.6 Å². The number of benzene rings is 1. The zero-order valence-corrected chi connectivity index (χ0v) is 12.1. The molecule has 0 heterocycles. The number of nitrogens with zero attached hydrogens (tertiary/aromatic N) is 1. The van der Waals surface area contributed by atoms with E-state index in [2.05, 4.69) is 29.2 Å². The summed E-state index contributed by atoms with van der Waals surface area (Å²) in [5, 5.41) is 9.46. The molecule has 1 rings (SSSR count). The first-order valence-electron chi connectivity index (χ1n) is 5.06. The molecule has 0 atom stereocenters. The summed E-state index contributed by atoms with van der Waals surface area (Å²) in [5.74, 6) is -0.155. The highest BCUT2D eigenvalue weighted by Gasteiger charge is 2.14. The first-order chi connectivity index (χ1) is 8.10. The van der Waals surface area contributed by atoms with E-state index in [1.54, 1.807) is 24.3 Å². The van der Waals surface area contributed by atoms with Crippen LogP contribution < -0.4 is 0 Å². The van der Waals surface area contributed by atoms with Crippen molar-refractivity contribution in [3.8, 4) is 0 Å². The number of aliphatic hydroxyl groups excluding tert-OH is 1. The lowest BCUT2D eigenvalue weighted by Gasteiger charge is -2.20. The van der Waals surface area contributed by atoms with E-state index in [1.807, 2.05) is 0 Å². The van der Waals surface area contributed by atoms with E-state index in [1.165, 1.54) is 4.90 Å². The second-order valence-corrected chi connectivity index (χ2v) is 4.96. The zero-order chi connectivity index (χ0) is 12.8. The van der Waals surface area contributed by atoms with Crippen LogP contribution in [0.1, 0.15) is 10.4 Å². The van der Waals surface area contributed by atoms with Crippen LogP contribution in [0.15, 0.2) is 30.9 Å². The van der Waals surface area contributed by atoms with E-state index in [0.717, 1.165) is 3.57 Å². The van der Waals surface area contributed by atoms with Crippen LogP contribution in [0, 0.1) is 3.57 Å². The van der Waals surface area contributed by atoms with Crippen molar-refractivity contribution in [2.45, 2.75) is 0 Å². The lowest BCUT2D eigenvalue weighted by atomic mass is 10.2. The monoisotopic (exact) mass is 365 g/mol. The van der Waals surface area contributed by atoms with Crippen molar-refractivity contribution >= 4 is 40.1 Å². The molecule has 0 fully saturated rings. The molecule has 17 heavy (non-hydrogen) atoms. The molecule has 0 saturated heterocycles. The van der Waals surface area contributed by atoms with Gasteiger partial charge < -0.3 is 10.0 Å². The van der Waals surface area contributed by atoms with Gasteiger partial charge in [0.1, 0.15) is 0 Å². The molecule has 0 aromatic heterocycles. The zero-order valence-electron chi connectivity index (χ0n) is 9.20. The normalized spacial score (nSPS) is 10.1. The third kappa shape index (κ3) is 3.97. The molecular weight excluding hydrogens is 352 g/mol. The molecule has 0 aliphatic rings. The quantitative estimate of drug-likeness (QED) is 0.643. The van der Waals surface area contributed by atoms with Crippen molar-refractivity contribution in [3.05, 3.63) is 45.0 Å². The molecule has 0 saturated carbocycles. The molecule has 0 radical (unpaired) electrons. The molecule has 0 aliphatic heterocycles. The van der Waals surface area contributed by atoms with Crippen molar-refractivity contribution in [2.75, 3.05) is 19.7 Å². The van der Waals surface area contributed by atoms with E-state index in [-0.39, 0.29) is 19.1 Å². The number of hydrogen-bond donors (Lipinski definition) is 1. The third-order valence-electron chi connectivity index (χ3n) is 2.17. The van der Waals surface area contributed by atoms with Gasteiger partial charge in [-0.3, -0.25) is 4.79 Å². The maximum Gasteiger partial charge on any atom is 0.254 e. The summed E-state index contributed by atoms with van der Waals surface area (Å²) in [7, 11) is 0. The molecule has 5 heteroatoms. The lowest BCUT2D eigenvalue weighted by molar-refractivity contribution is 0.0743. The minimum atomic E-state index is -0.155. The first kappa shape index (κ1) is 14.5. The number of carbonyl (C=O) groups excluding carboxylic acids is 1. The Labute approximate surface area is 119 Å². The summed E-state index contributed by atoms with van der Waals surface area (Å²) in [5.41, 5.74) is 0.519. The summed E-state index contributed by atoms with van der Waals surface area (Å²) < 4.78 is 0.901. The van der Waals surface area contributed by atoms with E-state index in [0.29, 0.717) is 17.1 Å². The Morgan fingerprint density at radius 1 is 1.59 bits per heavy atom. The van der Waals surface area contributed by atoms with Crippen LogP contribution in [0.4, 0.5) is 0 Å². The number of hydrogen-bond acceptors (Lipinski definition) is 2. The second kappa shape index (κ2) is 6.98. The third-order valence-corrected chi connectivity index (χ3v) is 3.75. The molecule has 1 aromatic carbocycles. The van der Waals surface area contributed by atoms with Crippen LogP contribution in [0.2, 0.25) is 5.02 Å². The Morgan fingerprint density at radius 2 is 2.29 bits per heavy atom. The minimum absolute atomic E-state index is 0.0717. The van der Waals surface area contributed by atoms with Gasteiger partial charge in [0, 0.05) is 22.2 Å². The molecule has 1 amide bonds. The SMILES string of the molecule is C=CCN(CCO)C(=O)c1ccc(I)c(Cl)c1. The van der Waals surface area contributed by atoms with Crippen LogP contribution in [0.3, 0.4) is 0 Å². The van der Waals surface area contributed by atoms with Crippen molar-refractivity contribution < 1.29 is 9.90 Å². The summed E-state index contributed by atoms with van der Waals surface area (Å²) in [6, 6.07) is 5.16. The lowest BCUT2D eigenvalue weighted by Crippen LogP contribution is -2.33. The maximum absolute atomic E-state index is 12.1. The fourth-order valence-corrected chi connectivity index (χ4v) is 1.88. The van der Waals surface area contributed by atoms with E-state index >= 15 is 0 Å². The number of rotatable bonds is 5. The van der Waals surface area contributed by atoms with Gasteiger partial charge in [-0.1, -0.05) is 17.7 Å². The van der Waals surface area contributed by atoms with Crippen molar-refractivity contribution in [3.63, 3.8) is 0 Å². The molecule has 0 unspecified atom stereocenters. The topological polar surface area (TPSA) is 40.5 Å². The van der Waals surface area contributed by atoms with E-state index in [9.17, 15) is 4.79 Å². The van der Waals surface area contributed by atoms with Gasteiger partial charge in [-0.15, -0.1) is 6.58 Å². The summed E-state index contributed by atoms with van der Waals surface area (Å²) in [6.45, 7) is 4.21. The van der Waals surface area contributed by atoms with Gasteiger partial charge in [0.2, 0.25) is 0 Å². The minimum Gasteiger partial charge on any atom is -0.395 e. The Balaban J connectivity index is 2.92. The Morgan fingerprint density at radius 3 is 2.82 bits per heavy atom. The average molecular weight is 366 g/mol. The maximum atomic E-state index is 12.1. The van der Waals surface area contributed by atoms with Gasteiger partial charge in [-0.25, -0.2) is 0 Å². The number of carbonyl (C=O) groups is 1. The van der Waals surface area contributed by atoms with Gasteiger partial charge in [0.15, 0.2) is 0 Å². The van der Waals surface area contributed by atoms with Crippen LogP contribution in [-0.2, 0) is 0 Å². The largest absolute Gasteiger partial charge is 0.395 e. The highest BCUT2D eigenvalue weighted by Crippen LogP contribution is 2.20. The van der Waals surface area contributed by atoms with Crippen molar-refractivity contribution in [1.82, 2.24) is 4.90 Å². The fourth-order valence-electron chi connectivity index (χ4n) is 1.36. The van der Waals surface area contributed by atoms with Crippen molar-refractivity contribution in [2.24, 2.45) is 0 Å². The highest BCUT2D eigenvalue weighted by molar-refractivity contribution is 14.1. The van der Waals surface area contributed by atoms with Gasteiger partial charge in [-0.05, 0) is 40.8 Å². The van der Waals surface area contributed by atoms with Crippen LogP contribution >= 0.6 is 34.2 Å². The smallest absolute Gasteiger partial charge is 0.254 e. The molecule has 92 valence electrons. The fraction of sp³-hybridized carbons (Fsp3) is 0.250. The van der Waals surface area contributed by atoms with Gasteiger partial charge in [0.25, 0.3) is 5.91 Å². The average Bonchev–Trinajstić information content (AvgIpc) is 2.31. The molecular formula is C12H13ClINO2. The summed E-state index contributed by atoms with van der Waals surface area (Å²) in [6.07, 6.45) is 1.63. The number of amides is 1. The Bertz CT molecular complexity index is 423. The molecule has 1 aromatic rings. The predicted octanol–water partition coefficient (Wildman–Crippen LogP) is 2.57. The van der Waals surface area contributed by atoms with Gasteiger partial charge in [-0.2, -0.15) is 0 Å². The predicted molar refractivity (Wildman–Crippen MR) is 77.4 cm³/mol. The molecule has 3 nitrogen and oxygen atoms in total. The Hall–Kier alpha value is -0.590. The molecule has 0 spiro atoms. The summed E-state index contributed by atoms with van der Waals surface area (Å²) in [4.78, 5) is 13.6. The summed E-state index contributed by atoms with van der Waals surface area (Å²) >= 11 is 8.07. The van der Waals surface area contributed by atoms with Gasteiger partial charge >= 0.3 is 0 Å². The van der Waals surface area contributed by atoms with Crippen molar-refractivity contribution in [1.29, 1.82) is 0 Å². The number of aliphatic hydroxyl groups is 1. The molecule has 1 N–H and O–H groups in total. The number of halogens is 2. The second-order valence-electron chi connectivity index (χ2n) is 3.39. The van der Waals surface area contributed by atoms with Crippen LogP contribution in [-0.4, -0.2) is 35.6 Å². The van der Waals surface area contributed by atoms with E-state index < -0.39 is 0 Å². The molecule has 0 bridgehead atoms. The Kier molecular flexibility index (Phi) is 5.94. The first-order valence-corrected chi connectivity index (χ1v) is 6.52. The van der Waals surface area contributed by atoms with E-state index in [4.69, 9.17) is 16.7 Å². The van der Waals surface area contributed by atoms with Crippen LogP contribution in [0.5, 0.6) is 0 Å². The van der Waals surface area contributed by atoms with Crippen LogP contribution in [0.25, 0.3) is 0 Å².